The molecule has 0 aromatic heterocycles. The molecule has 7 fully saturated rings. The Morgan fingerprint density at radius 3 is 2.05 bits per heavy atom. The number of hydrogen-bond acceptors (Lipinski definition) is 5. The fraction of sp³-hybridized carbons (Fsp3) is 0.509. The molecule has 0 heterocycles. The number of carbonyl (C=O) groups is 2. The summed E-state index contributed by atoms with van der Waals surface area (Å²) in [7, 11) is 0. The van der Waals surface area contributed by atoms with Crippen molar-refractivity contribution in [2.75, 3.05) is 13.1 Å². The molecular formula is C57H63NO5. The number of nitrogens with zero attached hydrogens (tertiary/aromatic N) is 1. The van der Waals surface area contributed by atoms with Gasteiger partial charge < -0.3 is 19.8 Å². The van der Waals surface area contributed by atoms with E-state index in [2.05, 4.69) is 68.5 Å². The standard InChI is InChI=1S/C57H63NO5/c1-52-21-18-45(59)33-55(52)24-25-57(47(34-55)50(60)43-14-12-42(13-15-43)40-8-4-3-5-9-40)48(52)19-22-53(2)49(57)20-23-56(53,62)36-58(35-54-30-37-26-38(31-54)28-39(27-37)32-54)51(61)63-46-17-16-41-10-6-7-11-44(41)29-46/h3-17,24-25,29,34,37-39,45,48-49,59,62H,18-23,26-28,30-33,35-36H2,1-2H3. The van der Waals surface area contributed by atoms with Crippen molar-refractivity contribution in [1.82, 2.24) is 4.90 Å². The Morgan fingerprint density at radius 2 is 1.32 bits per heavy atom. The van der Waals surface area contributed by atoms with Gasteiger partial charge in [0.25, 0.3) is 0 Å². The van der Waals surface area contributed by atoms with Crippen molar-refractivity contribution in [3.63, 3.8) is 0 Å². The second kappa shape index (κ2) is 14.0. The van der Waals surface area contributed by atoms with Crippen LogP contribution in [0.5, 0.6) is 5.75 Å². The number of aliphatic hydroxyl groups excluding tert-OH is 1. The second-order valence-electron chi connectivity index (χ2n) is 22.7. The highest BCUT2D eigenvalue weighted by Crippen LogP contribution is 2.78. The molecular weight excluding hydrogens is 779 g/mol. The highest BCUT2D eigenvalue weighted by molar-refractivity contribution is 6.10. The molecule has 326 valence electrons. The van der Waals surface area contributed by atoms with Gasteiger partial charge in [0.15, 0.2) is 5.78 Å². The van der Waals surface area contributed by atoms with E-state index in [1.807, 2.05) is 65.6 Å². The van der Waals surface area contributed by atoms with E-state index in [1.165, 1.54) is 19.3 Å². The normalized spacial score (nSPS) is 40.2. The first kappa shape index (κ1) is 40.0. The van der Waals surface area contributed by atoms with E-state index in [9.17, 15) is 15.0 Å². The number of rotatable bonds is 8. The molecule has 8 unspecified atom stereocenters. The Hall–Kier alpha value is -4.52. The monoisotopic (exact) mass is 841 g/mol. The number of benzene rings is 4. The number of fused-ring (bicyclic) bond motifs is 2. The molecule has 0 aliphatic heterocycles. The van der Waals surface area contributed by atoms with Gasteiger partial charge in [0.2, 0.25) is 0 Å². The van der Waals surface area contributed by atoms with E-state index in [1.54, 1.807) is 0 Å². The fourth-order valence-corrected chi connectivity index (χ4v) is 17.0. The minimum absolute atomic E-state index is 0.0105. The minimum Gasteiger partial charge on any atom is -0.410 e. The lowest BCUT2D eigenvalue weighted by Gasteiger charge is -2.71. The van der Waals surface area contributed by atoms with Gasteiger partial charge in [0.1, 0.15) is 5.75 Å². The van der Waals surface area contributed by atoms with Crippen molar-refractivity contribution in [2.45, 2.75) is 109 Å². The number of amides is 1. The molecule has 63 heavy (non-hydrogen) atoms. The van der Waals surface area contributed by atoms with Gasteiger partial charge in [-0.25, -0.2) is 4.79 Å². The second-order valence-corrected chi connectivity index (χ2v) is 22.7. The SMILES string of the molecule is CC12CCC(O)CC13C=CC1(C(C(=O)c4ccc(-c5ccccc5)cc4)=C3)C2CCC2(C)C1CCC2(O)CN(CC12CC3CC(CC(C3)C1)C2)C(=O)Oc1ccc2ccccc2c1. The average Bonchev–Trinajstić information content (AvgIpc) is 3.55. The van der Waals surface area contributed by atoms with Crippen LogP contribution in [0.2, 0.25) is 0 Å². The van der Waals surface area contributed by atoms with Crippen LogP contribution in [-0.2, 0) is 0 Å². The molecule has 2 N–H and O–H groups in total. The molecule has 4 aromatic carbocycles. The first-order valence-electron chi connectivity index (χ1n) is 24.3. The van der Waals surface area contributed by atoms with Gasteiger partial charge in [0, 0.05) is 33.9 Å². The summed E-state index contributed by atoms with van der Waals surface area (Å²) >= 11 is 0. The van der Waals surface area contributed by atoms with Gasteiger partial charge in [0.05, 0.1) is 18.2 Å². The highest BCUT2D eigenvalue weighted by Gasteiger charge is 2.74. The van der Waals surface area contributed by atoms with Gasteiger partial charge >= 0.3 is 6.09 Å². The van der Waals surface area contributed by atoms with E-state index < -0.39 is 27.9 Å². The Balaban J connectivity index is 0.910. The predicted octanol–water partition coefficient (Wildman–Crippen LogP) is 12.0. The van der Waals surface area contributed by atoms with Crippen LogP contribution >= 0.6 is 0 Å². The van der Waals surface area contributed by atoms with Gasteiger partial charge in [-0.3, -0.25) is 4.79 Å². The third-order valence-electron chi connectivity index (χ3n) is 19.5. The molecule has 6 bridgehead atoms. The van der Waals surface area contributed by atoms with Gasteiger partial charge in [-0.2, -0.15) is 0 Å². The van der Waals surface area contributed by atoms with Gasteiger partial charge in [-0.15, -0.1) is 0 Å². The number of hydrogen-bond donors (Lipinski definition) is 2. The topological polar surface area (TPSA) is 87.1 Å². The number of allylic oxidation sites excluding steroid dienone is 4. The maximum Gasteiger partial charge on any atom is 0.415 e. The van der Waals surface area contributed by atoms with Crippen LogP contribution in [0.1, 0.15) is 108 Å². The zero-order chi connectivity index (χ0) is 43.0. The first-order chi connectivity index (χ1) is 30.3. The largest absolute Gasteiger partial charge is 0.415 e. The molecule has 6 heteroatoms. The molecule has 0 radical (unpaired) electrons. The molecule has 10 aliphatic carbocycles. The maximum atomic E-state index is 15.4. The third-order valence-corrected chi connectivity index (χ3v) is 19.5. The van der Waals surface area contributed by atoms with Crippen molar-refractivity contribution in [1.29, 1.82) is 0 Å². The van der Waals surface area contributed by atoms with Crippen molar-refractivity contribution >= 4 is 22.6 Å². The highest BCUT2D eigenvalue weighted by atomic mass is 16.6. The lowest BCUT2D eigenvalue weighted by Crippen LogP contribution is -2.67. The van der Waals surface area contributed by atoms with Crippen LogP contribution in [0.3, 0.4) is 0 Å². The van der Waals surface area contributed by atoms with Crippen molar-refractivity contribution in [2.24, 2.45) is 56.7 Å². The summed E-state index contributed by atoms with van der Waals surface area (Å²) in [4.78, 5) is 32.2. The van der Waals surface area contributed by atoms with Crippen LogP contribution in [0.25, 0.3) is 21.9 Å². The number of ketones is 1. The molecule has 10 aliphatic rings. The average molecular weight is 842 g/mol. The summed E-state index contributed by atoms with van der Waals surface area (Å²) in [6.07, 6.45) is 19.1. The Bertz CT molecular complexity index is 2530. The minimum atomic E-state index is -1.18. The van der Waals surface area contributed by atoms with Crippen LogP contribution in [0.4, 0.5) is 4.79 Å². The van der Waals surface area contributed by atoms with E-state index in [-0.39, 0.29) is 41.1 Å². The van der Waals surface area contributed by atoms with E-state index in [4.69, 9.17) is 4.74 Å². The van der Waals surface area contributed by atoms with Crippen LogP contribution < -0.4 is 4.74 Å². The molecule has 7 saturated carbocycles. The van der Waals surface area contributed by atoms with Crippen LogP contribution in [0, 0.1) is 56.7 Å². The number of Topliss-reactive ketones (excluding diaryl/α,β-unsaturated/α-hetero) is 1. The zero-order valence-electron chi connectivity index (χ0n) is 37.1. The predicted molar refractivity (Wildman–Crippen MR) is 247 cm³/mol. The summed E-state index contributed by atoms with van der Waals surface area (Å²) in [5.41, 5.74) is 0.916. The molecule has 1 amide bonds. The van der Waals surface area contributed by atoms with Crippen LogP contribution in [-0.4, -0.2) is 51.8 Å². The lowest BCUT2D eigenvalue weighted by atomic mass is 9.32. The molecule has 0 saturated heterocycles. The lowest BCUT2D eigenvalue weighted by molar-refractivity contribution is -0.176. The molecule has 2 spiro atoms. The Labute approximate surface area is 372 Å². The summed E-state index contributed by atoms with van der Waals surface area (Å²) in [6, 6.07) is 32.4. The molecule has 6 nitrogen and oxygen atoms in total. The molecule has 14 rings (SSSR count). The van der Waals surface area contributed by atoms with Gasteiger partial charge in [-0.05, 0) is 158 Å². The third kappa shape index (κ3) is 5.88. The number of ether oxygens (including phenoxy) is 1. The van der Waals surface area contributed by atoms with E-state index in [0.717, 1.165) is 96.6 Å². The fourth-order valence-electron chi connectivity index (χ4n) is 17.0. The van der Waals surface area contributed by atoms with Crippen molar-refractivity contribution in [3.05, 3.63) is 126 Å². The first-order valence-corrected chi connectivity index (χ1v) is 24.3. The zero-order valence-corrected chi connectivity index (χ0v) is 37.1. The smallest absolute Gasteiger partial charge is 0.410 e. The molecule has 4 aromatic rings. The van der Waals surface area contributed by atoms with Crippen molar-refractivity contribution in [3.8, 4) is 16.9 Å². The van der Waals surface area contributed by atoms with E-state index >= 15 is 4.79 Å². The summed E-state index contributed by atoms with van der Waals surface area (Å²) in [6.45, 7) is 5.57. The van der Waals surface area contributed by atoms with Crippen molar-refractivity contribution < 1.29 is 24.5 Å². The quantitative estimate of drug-likeness (QED) is 0.136. The Morgan fingerprint density at radius 1 is 0.683 bits per heavy atom. The summed E-state index contributed by atoms with van der Waals surface area (Å²) in [5.74, 6) is 2.97. The van der Waals surface area contributed by atoms with E-state index in [0.29, 0.717) is 30.7 Å². The molecule has 8 atom stereocenters. The maximum absolute atomic E-state index is 15.4. The number of carbonyl (C=O) groups excluding carboxylic acids is 2. The summed E-state index contributed by atoms with van der Waals surface area (Å²) in [5, 5.41) is 27.0. The Kier molecular flexibility index (Phi) is 8.89. The van der Waals surface area contributed by atoms with Crippen LogP contribution in [0.15, 0.2) is 121 Å². The number of aliphatic hydroxyl groups is 2. The van der Waals surface area contributed by atoms with Gasteiger partial charge in [-0.1, -0.05) is 117 Å². The summed E-state index contributed by atoms with van der Waals surface area (Å²) < 4.78 is 6.36.